The lowest BCUT2D eigenvalue weighted by molar-refractivity contribution is 0.0958. The molecule has 0 amide bonds. The minimum atomic E-state index is -3.39. The summed E-state index contributed by atoms with van der Waals surface area (Å²) in [5, 5.41) is 13.3. The second kappa shape index (κ2) is 9.30. The Labute approximate surface area is 185 Å². The number of hydrogen-bond donors (Lipinski definition) is 1. The molecule has 1 aliphatic rings. The quantitative estimate of drug-likeness (QED) is 0.619. The van der Waals surface area contributed by atoms with Gasteiger partial charge in [0.05, 0.1) is 4.90 Å². The number of benzene rings is 2. The zero-order valence-electron chi connectivity index (χ0n) is 16.9. The van der Waals surface area contributed by atoms with Gasteiger partial charge in [0, 0.05) is 30.4 Å². The van der Waals surface area contributed by atoms with E-state index in [1.54, 1.807) is 43.6 Å². The Morgan fingerprint density at radius 2 is 1.90 bits per heavy atom. The van der Waals surface area contributed by atoms with Crippen LogP contribution in [-0.2, 0) is 9.84 Å². The Bertz CT molecular complexity index is 1130. The molecule has 0 fully saturated rings. The molecule has 2 aromatic rings. The maximum absolute atomic E-state index is 14.8. The highest BCUT2D eigenvalue weighted by molar-refractivity contribution is 7.90. The van der Waals surface area contributed by atoms with Crippen molar-refractivity contribution in [2.24, 2.45) is 5.18 Å². The number of sulfone groups is 1. The van der Waals surface area contributed by atoms with Crippen LogP contribution >= 0.6 is 11.6 Å². The molecule has 6 nitrogen and oxygen atoms in total. The number of nitrogens with zero attached hydrogens (tertiary/aromatic N) is 2. The van der Waals surface area contributed by atoms with Gasteiger partial charge in [-0.25, -0.2) is 12.8 Å². The number of hydrogen-bond acceptors (Lipinski definition) is 6. The molecule has 1 N–H and O–H groups in total. The van der Waals surface area contributed by atoms with Gasteiger partial charge in [-0.05, 0) is 53.5 Å². The third-order valence-electron chi connectivity index (χ3n) is 5.25. The number of nitroso groups, excluding NO2 is 1. The maximum atomic E-state index is 14.8. The van der Waals surface area contributed by atoms with Gasteiger partial charge in [-0.15, -0.1) is 0 Å². The highest BCUT2D eigenvalue weighted by Gasteiger charge is 2.27. The zero-order chi connectivity index (χ0) is 22.8. The summed E-state index contributed by atoms with van der Waals surface area (Å²) in [7, 11) is -1.72. The Balaban J connectivity index is 2.03. The van der Waals surface area contributed by atoms with E-state index in [0.717, 1.165) is 6.26 Å². The summed E-state index contributed by atoms with van der Waals surface area (Å²) in [5.41, 5.74) is 1.53. The van der Waals surface area contributed by atoms with Crippen molar-refractivity contribution >= 4 is 21.4 Å². The van der Waals surface area contributed by atoms with Crippen molar-refractivity contribution in [1.29, 1.82) is 0 Å². The third-order valence-corrected chi connectivity index (χ3v) is 6.61. The number of aliphatic hydroxyl groups excluding tert-OH is 1. The molecule has 1 heterocycles. The van der Waals surface area contributed by atoms with Crippen LogP contribution < -0.4 is 0 Å². The Morgan fingerprint density at radius 3 is 2.45 bits per heavy atom. The van der Waals surface area contributed by atoms with Gasteiger partial charge in [0.15, 0.2) is 9.84 Å². The minimum Gasteiger partial charge on any atom is -0.370 e. The first kappa shape index (κ1) is 23.1. The molecule has 0 radical (unpaired) electrons. The molecule has 0 spiro atoms. The SMILES string of the molecule is CN1C=C(C(CC(c2ccc(S(C)(=O)=O)cc2)c2ccc(Cl)cc2F)N=O)C=CC1O. The van der Waals surface area contributed by atoms with E-state index in [1.807, 2.05) is 0 Å². The fraction of sp³-hybridized carbons (Fsp3) is 0.273. The van der Waals surface area contributed by atoms with Gasteiger partial charge in [0.2, 0.25) is 0 Å². The van der Waals surface area contributed by atoms with Crippen LogP contribution in [0.25, 0.3) is 0 Å². The van der Waals surface area contributed by atoms with Crippen LogP contribution in [0.5, 0.6) is 0 Å². The molecule has 0 saturated carbocycles. The van der Waals surface area contributed by atoms with Gasteiger partial charge < -0.3 is 10.0 Å². The van der Waals surface area contributed by atoms with Crippen LogP contribution in [0.2, 0.25) is 5.02 Å². The van der Waals surface area contributed by atoms with Gasteiger partial charge in [0.25, 0.3) is 0 Å². The Hall–Kier alpha value is -2.55. The molecule has 31 heavy (non-hydrogen) atoms. The van der Waals surface area contributed by atoms with E-state index in [9.17, 15) is 22.8 Å². The molecule has 0 bridgehead atoms. The summed E-state index contributed by atoms with van der Waals surface area (Å²) < 4.78 is 38.4. The van der Waals surface area contributed by atoms with E-state index >= 15 is 0 Å². The third kappa shape index (κ3) is 5.39. The zero-order valence-corrected chi connectivity index (χ0v) is 18.5. The predicted molar refractivity (Wildman–Crippen MR) is 118 cm³/mol. The molecule has 3 rings (SSSR count). The number of likely N-dealkylation sites (N-methyl/N-ethyl adjacent to an activating group) is 1. The fourth-order valence-electron chi connectivity index (χ4n) is 3.52. The molecule has 0 aliphatic carbocycles. The lowest BCUT2D eigenvalue weighted by atomic mass is 9.84. The van der Waals surface area contributed by atoms with Crippen molar-refractivity contribution in [2.45, 2.75) is 29.5 Å². The molecule has 164 valence electrons. The van der Waals surface area contributed by atoms with Gasteiger partial charge >= 0.3 is 0 Å². The Morgan fingerprint density at radius 1 is 1.23 bits per heavy atom. The topological polar surface area (TPSA) is 87.0 Å². The first-order valence-electron chi connectivity index (χ1n) is 9.47. The average molecular weight is 465 g/mol. The van der Waals surface area contributed by atoms with Crippen LogP contribution in [0.15, 0.2) is 76.5 Å². The molecule has 2 aromatic carbocycles. The molecule has 0 saturated heterocycles. The summed E-state index contributed by atoms with van der Waals surface area (Å²) in [6, 6.07) is 9.62. The van der Waals surface area contributed by atoms with Crippen LogP contribution in [0.3, 0.4) is 0 Å². The monoisotopic (exact) mass is 464 g/mol. The molecular weight excluding hydrogens is 443 g/mol. The summed E-state index contributed by atoms with van der Waals surface area (Å²) >= 11 is 5.90. The van der Waals surface area contributed by atoms with Crippen LogP contribution in [0, 0.1) is 10.7 Å². The maximum Gasteiger partial charge on any atom is 0.175 e. The normalized spacial score (nSPS) is 18.4. The van der Waals surface area contributed by atoms with Crippen molar-refractivity contribution in [3.8, 4) is 0 Å². The van der Waals surface area contributed by atoms with Crippen LogP contribution in [0.1, 0.15) is 23.5 Å². The van der Waals surface area contributed by atoms with Crippen LogP contribution in [0.4, 0.5) is 4.39 Å². The van der Waals surface area contributed by atoms with Gasteiger partial charge in [-0.3, -0.25) is 0 Å². The van der Waals surface area contributed by atoms with Gasteiger partial charge in [-0.1, -0.05) is 41.1 Å². The summed E-state index contributed by atoms with van der Waals surface area (Å²) in [5.74, 6) is -1.12. The fourth-order valence-corrected chi connectivity index (χ4v) is 4.31. The highest BCUT2D eigenvalue weighted by atomic mass is 35.5. The second-order valence-electron chi connectivity index (χ2n) is 7.48. The van der Waals surface area contributed by atoms with E-state index in [-0.39, 0.29) is 16.3 Å². The average Bonchev–Trinajstić information content (AvgIpc) is 2.71. The number of halogens is 2. The molecule has 3 unspecified atom stereocenters. The van der Waals surface area contributed by atoms with Gasteiger partial charge in [-0.2, -0.15) is 4.91 Å². The largest absolute Gasteiger partial charge is 0.370 e. The Kier molecular flexibility index (Phi) is 6.93. The van der Waals surface area contributed by atoms with Crippen molar-refractivity contribution in [3.05, 3.63) is 93.3 Å². The second-order valence-corrected chi connectivity index (χ2v) is 9.94. The van der Waals surface area contributed by atoms with E-state index in [4.69, 9.17) is 11.6 Å². The molecule has 3 atom stereocenters. The lowest BCUT2D eigenvalue weighted by Gasteiger charge is -2.27. The molecular formula is C22H22ClFN2O4S. The van der Waals surface area contributed by atoms with Crippen molar-refractivity contribution in [3.63, 3.8) is 0 Å². The van der Waals surface area contributed by atoms with E-state index < -0.39 is 33.8 Å². The minimum absolute atomic E-state index is 0.139. The smallest absolute Gasteiger partial charge is 0.175 e. The first-order valence-corrected chi connectivity index (χ1v) is 11.7. The van der Waals surface area contributed by atoms with Crippen molar-refractivity contribution < 1.29 is 17.9 Å². The first-order chi connectivity index (χ1) is 14.6. The van der Waals surface area contributed by atoms with E-state index in [1.165, 1.54) is 29.2 Å². The van der Waals surface area contributed by atoms with E-state index in [0.29, 0.717) is 16.7 Å². The molecule has 0 aromatic heterocycles. The summed E-state index contributed by atoms with van der Waals surface area (Å²) in [6.45, 7) is 0. The van der Waals surface area contributed by atoms with Gasteiger partial charge in [0.1, 0.15) is 18.1 Å². The number of aliphatic hydroxyl groups is 1. The molecule has 9 heteroatoms. The van der Waals surface area contributed by atoms with Crippen molar-refractivity contribution in [1.82, 2.24) is 4.90 Å². The number of rotatable bonds is 7. The standard InChI is InChI=1S/C22H22ClFN2O4S/c1-26-13-15(5-10-22(26)27)21(25-28)12-19(18-9-6-16(23)11-20(18)24)14-3-7-17(8-4-14)31(2,29)30/h3-11,13,19,21-22,27H,12H2,1-2H3. The predicted octanol–water partition coefficient (Wildman–Crippen LogP) is 4.24. The summed E-state index contributed by atoms with van der Waals surface area (Å²) in [6.07, 6.45) is 5.23. The van der Waals surface area contributed by atoms with Crippen molar-refractivity contribution in [2.75, 3.05) is 13.3 Å². The summed E-state index contributed by atoms with van der Waals surface area (Å²) in [4.78, 5) is 13.4. The molecule has 1 aliphatic heterocycles. The lowest BCUT2D eigenvalue weighted by Crippen LogP contribution is -2.29. The highest BCUT2D eigenvalue weighted by Crippen LogP contribution is 2.35. The van der Waals surface area contributed by atoms with Crippen LogP contribution in [-0.4, -0.2) is 44.0 Å². The van der Waals surface area contributed by atoms with E-state index in [2.05, 4.69) is 5.18 Å².